The van der Waals surface area contributed by atoms with Crippen LogP contribution < -0.4 is 0 Å². The summed E-state index contributed by atoms with van der Waals surface area (Å²) in [5.74, 6) is 0.652. The first-order valence-corrected chi connectivity index (χ1v) is 3.28. The summed E-state index contributed by atoms with van der Waals surface area (Å²) in [4.78, 5) is 0. The summed E-state index contributed by atoms with van der Waals surface area (Å²) in [5, 5.41) is 0. The van der Waals surface area contributed by atoms with Crippen molar-refractivity contribution in [2.75, 3.05) is 21.3 Å². The summed E-state index contributed by atoms with van der Waals surface area (Å²) < 4.78 is 20.0. The van der Waals surface area contributed by atoms with E-state index in [0.29, 0.717) is 5.76 Å². The highest BCUT2D eigenvalue weighted by Crippen LogP contribution is 2.20. The van der Waals surface area contributed by atoms with Gasteiger partial charge in [-0.3, -0.25) is 0 Å². The molecule has 0 spiro atoms. The summed E-state index contributed by atoms with van der Waals surface area (Å²) in [6, 6.07) is 0. The number of hydrogen-bond acceptors (Lipinski definition) is 4. The Kier molecular flexibility index (Phi) is 2.87. The lowest BCUT2D eigenvalue weighted by molar-refractivity contribution is -0.185. The van der Waals surface area contributed by atoms with Gasteiger partial charge < -0.3 is 18.9 Å². The molecule has 0 amide bonds. The molecule has 2 atom stereocenters. The zero-order valence-corrected chi connectivity index (χ0v) is 6.87. The molecule has 0 aliphatic carbocycles. The van der Waals surface area contributed by atoms with Gasteiger partial charge in [-0.25, -0.2) is 0 Å². The Morgan fingerprint density at radius 3 is 2.36 bits per heavy atom. The maximum atomic E-state index is 5.20. The Morgan fingerprint density at radius 2 is 2.00 bits per heavy atom. The van der Waals surface area contributed by atoms with Gasteiger partial charge in [0.1, 0.15) is 0 Å². The molecule has 1 rings (SSSR count). The van der Waals surface area contributed by atoms with E-state index < -0.39 is 6.29 Å². The Labute approximate surface area is 65.7 Å². The molecule has 1 heterocycles. The average molecular weight is 160 g/mol. The summed E-state index contributed by atoms with van der Waals surface area (Å²) >= 11 is 0. The highest BCUT2D eigenvalue weighted by molar-refractivity contribution is 5.04. The molecule has 2 unspecified atom stereocenters. The standard InChI is InChI=1S/C7H12O4/c1-8-5-4-6(9-2)11-7(5)10-3/h4,6-7H,1-3H3. The second-order valence-corrected chi connectivity index (χ2v) is 2.08. The quantitative estimate of drug-likeness (QED) is 0.602. The van der Waals surface area contributed by atoms with E-state index in [1.165, 1.54) is 0 Å². The first-order valence-electron chi connectivity index (χ1n) is 3.28. The lowest BCUT2D eigenvalue weighted by Crippen LogP contribution is -2.17. The number of rotatable bonds is 3. The van der Waals surface area contributed by atoms with E-state index in [2.05, 4.69) is 0 Å². The van der Waals surface area contributed by atoms with E-state index in [-0.39, 0.29) is 6.29 Å². The summed E-state index contributed by atoms with van der Waals surface area (Å²) in [6.07, 6.45) is 0.952. The fourth-order valence-corrected chi connectivity index (χ4v) is 0.900. The van der Waals surface area contributed by atoms with E-state index in [0.717, 1.165) is 0 Å². The maximum absolute atomic E-state index is 5.20. The van der Waals surface area contributed by atoms with Crippen molar-refractivity contribution in [3.63, 3.8) is 0 Å². The fourth-order valence-electron chi connectivity index (χ4n) is 0.900. The first-order chi connectivity index (χ1) is 5.31. The van der Waals surface area contributed by atoms with Crippen LogP contribution in [-0.2, 0) is 18.9 Å². The summed E-state index contributed by atoms with van der Waals surface area (Å²) in [6.45, 7) is 0. The molecule has 0 fully saturated rings. The van der Waals surface area contributed by atoms with Gasteiger partial charge in [0.15, 0.2) is 12.0 Å². The van der Waals surface area contributed by atoms with Gasteiger partial charge in [-0.1, -0.05) is 0 Å². The van der Waals surface area contributed by atoms with Crippen LogP contribution in [0, 0.1) is 0 Å². The van der Waals surface area contributed by atoms with Crippen LogP contribution in [0.5, 0.6) is 0 Å². The third-order valence-electron chi connectivity index (χ3n) is 1.47. The smallest absolute Gasteiger partial charge is 0.218 e. The molecule has 0 N–H and O–H groups in total. The molecule has 1 aliphatic heterocycles. The van der Waals surface area contributed by atoms with Crippen LogP contribution in [0.1, 0.15) is 0 Å². The minimum Gasteiger partial charge on any atom is -0.496 e. The third-order valence-corrected chi connectivity index (χ3v) is 1.47. The Hall–Kier alpha value is -0.580. The van der Waals surface area contributed by atoms with Gasteiger partial charge in [0.25, 0.3) is 0 Å². The molecule has 0 aromatic heterocycles. The Balaban J connectivity index is 2.55. The van der Waals surface area contributed by atoms with Gasteiger partial charge in [0, 0.05) is 20.3 Å². The number of ether oxygens (including phenoxy) is 4. The summed E-state index contributed by atoms with van der Waals surface area (Å²) in [7, 11) is 4.68. The van der Waals surface area contributed by atoms with Crippen molar-refractivity contribution in [3.05, 3.63) is 11.8 Å². The van der Waals surface area contributed by atoms with Crippen molar-refractivity contribution >= 4 is 0 Å². The predicted molar refractivity (Wildman–Crippen MR) is 37.8 cm³/mol. The van der Waals surface area contributed by atoms with Crippen LogP contribution in [0.3, 0.4) is 0 Å². The van der Waals surface area contributed by atoms with Crippen molar-refractivity contribution in [2.24, 2.45) is 0 Å². The van der Waals surface area contributed by atoms with E-state index in [1.54, 1.807) is 27.4 Å². The third kappa shape index (κ3) is 1.71. The normalized spacial score (nSPS) is 30.3. The molecular formula is C7H12O4. The minimum atomic E-state index is -0.426. The zero-order valence-electron chi connectivity index (χ0n) is 6.87. The lowest BCUT2D eigenvalue weighted by Gasteiger charge is -2.12. The molecule has 0 aromatic carbocycles. The molecule has 0 radical (unpaired) electrons. The molecule has 0 saturated heterocycles. The van der Waals surface area contributed by atoms with E-state index in [9.17, 15) is 0 Å². The van der Waals surface area contributed by atoms with E-state index in [1.807, 2.05) is 0 Å². The SMILES string of the molecule is COC1=CC(OC)OC1OC. The molecule has 4 heteroatoms. The van der Waals surface area contributed by atoms with Crippen molar-refractivity contribution in [2.45, 2.75) is 12.6 Å². The summed E-state index contributed by atoms with van der Waals surface area (Å²) in [5.41, 5.74) is 0. The second kappa shape index (κ2) is 3.71. The Morgan fingerprint density at radius 1 is 1.27 bits per heavy atom. The van der Waals surface area contributed by atoms with Gasteiger partial charge in [0.2, 0.25) is 6.29 Å². The predicted octanol–water partition coefficient (Wildman–Crippen LogP) is 0.492. The van der Waals surface area contributed by atoms with Crippen LogP contribution in [-0.4, -0.2) is 33.9 Å². The number of methoxy groups -OCH3 is 3. The van der Waals surface area contributed by atoms with Crippen molar-refractivity contribution in [1.82, 2.24) is 0 Å². The first kappa shape index (κ1) is 8.52. The van der Waals surface area contributed by atoms with Gasteiger partial charge in [0.05, 0.1) is 7.11 Å². The highest BCUT2D eigenvalue weighted by atomic mass is 16.8. The van der Waals surface area contributed by atoms with Gasteiger partial charge in [-0.05, 0) is 0 Å². The van der Waals surface area contributed by atoms with Crippen LogP contribution in [0.25, 0.3) is 0 Å². The number of hydrogen-bond donors (Lipinski definition) is 0. The Bertz CT molecular complexity index is 155. The van der Waals surface area contributed by atoms with Crippen LogP contribution >= 0.6 is 0 Å². The molecule has 1 aliphatic rings. The molecule has 0 saturated carbocycles. The molecular weight excluding hydrogens is 148 g/mol. The molecule has 64 valence electrons. The van der Waals surface area contributed by atoms with Crippen molar-refractivity contribution < 1.29 is 18.9 Å². The highest BCUT2D eigenvalue weighted by Gasteiger charge is 2.27. The largest absolute Gasteiger partial charge is 0.496 e. The van der Waals surface area contributed by atoms with Crippen LogP contribution in [0.2, 0.25) is 0 Å². The molecule has 11 heavy (non-hydrogen) atoms. The van der Waals surface area contributed by atoms with Crippen molar-refractivity contribution in [3.8, 4) is 0 Å². The van der Waals surface area contributed by atoms with Gasteiger partial charge in [-0.15, -0.1) is 0 Å². The topological polar surface area (TPSA) is 36.9 Å². The zero-order chi connectivity index (χ0) is 8.27. The van der Waals surface area contributed by atoms with Crippen LogP contribution in [0.4, 0.5) is 0 Å². The van der Waals surface area contributed by atoms with Crippen molar-refractivity contribution in [1.29, 1.82) is 0 Å². The second-order valence-electron chi connectivity index (χ2n) is 2.08. The van der Waals surface area contributed by atoms with Gasteiger partial charge in [-0.2, -0.15) is 0 Å². The monoisotopic (exact) mass is 160 g/mol. The lowest BCUT2D eigenvalue weighted by atomic mass is 10.5. The van der Waals surface area contributed by atoms with Gasteiger partial charge >= 0.3 is 0 Å². The minimum absolute atomic E-state index is 0.352. The molecule has 0 bridgehead atoms. The van der Waals surface area contributed by atoms with E-state index >= 15 is 0 Å². The van der Waals surface area contributed by atoms with E-state index in [4.69, 9.17) is 18.9 Å². The molecule has 0 aromatic rings. The maximum Gasteiger partial charge on any atom is 0.218 e. The van der Waals surface area contributed by atoms with Crippen LogP contribution in [0.15, 0.2) is 11.8 Å². The molecule has 4 nitrogen and oxygen atoms in total. The fraction of sp³-hybridized carbons (Fsp3) is 0.714. The average Bonchev–Trinajstić information content (AvgIpc) is 2.46.